The second kappa shape index (κ2) is 8.11. The molecule has 1 aliphatic heterocycles. The Kier molecular flexibility index (Phi) is 5.65. The first-order valence-electron chi connectivity index (χ1n) is 8.77. The van der Waals surface area contributed by atoms with Gasteiger partial charge in [-0.15, -0.1) is 10.2 Å². The molecule has 134 valence electrons. The predicted octanol–water partition coefficient (Wildman–Crippen LogP) is 2.36. The van der Waals surface area contributed by atoms with Gasteiger partial charge in [0.1, 0.15) is 6.54 Å². The lowest BCUT2D eigenvalue weighted by Gasteiger charge is -2.20. The Balaban J connectivity index is 1.51. The molecule has 1 unspecified atom stereocenters. The van der Waals surface area contributed by atoms with E-state index in [1.165, 1.54) is 0 Å². The van der Waals surface area contributed by atoms with Crippen LogP contribution in [0.5, 0.6) is 0 Å². The summed E-state index contributed by atoms with van der Waals surface area (Å²) in [5, 5.41) is 11.2. The number of carbonyl (C=O) groups is 1. The largest absolute Gasteiger partial charge is 0.419 e. The van der Waals surface area contributed by atoms with Crippen molar-refractivity contribution in [1.29, 1.82) is 0 Å². The maximum atomic E-state index is 12.4. The molecule has 1 N–H and O–H groups in total. The van der Waals surface area contributed by atoms with Gasteiger partial charge in [-0.05, 0) is 31.5 Å². The maximum absolute atomic E-state index is 12.4. The van der Waals surface area contributed by atoms with Crippen molar-refractivity contribution < 1.29 is 9.21 Å². The summed E-state index contributed by atoms with van der Waals surface area (Å²) in [6.07, 6.45) is 2.14. The van der Waals surface area contributed by atoms with Crippen LogP contribution in [0.25, 0.3) is 11.5 Å². The molecular weight excluding hydrogens is 318 g/mol. The molecule has 1 aromatic heterocycles. The van der Waals surface area contributed by atoms with E-state index in [9.17, 15) is 4.79 Å². The molecule has 1 saturated heterocycles. The van der Waals surface area contributed by atoms with E-state index in [0.717, 1.165) is 38.0 Å². The van der Waals surface area contributed by atoms with Gasteiger partial charge in [-0.2, -0.15) is 0 Å². The smallest absolute Gasteiger partial charge is 0.317 e. The van der Waals surface area contributed by atoms with E-state index in [1.54, 1.807) is 11.9 Å². The van der Waals surface area contributed by atoms with Gasteiger partial charge < -0.3 is 19.5 Å². The van der Waals surface area contributed by atoms with Crippen molar-refractivity contribution in [2.45, 2.75) is 32.4 Å². The number of hydrogen-bond acceptors (Lipinski definition) is 5. The van der Waals surface area contributed by atoms with Gasteiger partial charge in [0.05, 0.1) is 0 Å². The monoisotopic (exact) mass is 343 g/mol. The topological polar surface area (TPSA) is 74.5 Å². The van der Waals surface area contributed by atoms with E-state index in [-0.39, 0.29) is 18.6 Å². The fraction of sp³-hybridized carbons (Fsp3) is 0.500. The van der Waals surface area contributed by atoms with Crippen molar-refractivity contribution in [1.82, 2.24) is 25.3 Å². The molecule has 0 radical (unpaired) electrons. The molecule has 1 fully saturated rings. The van der Waals surface area contributed by atoms with Crippen molar-refractivity contribution in [3.05, 3.63) is 36.2 Å². The first kappa shape index (κ1) is 17.4. The normalized spacial score (nSPS) is 17.6. The van der Waals surface area contributed by atoms with Crippen LogP contribution in [0.4, 0.5) is 4.79 Å². The highest BCUT2D eigenvalue weighted by Crippen LogP contribution is 2.17. The number of urea groups is 1. The van der Waals surface area contributed by atoms with Crippen molar-refractivity contribution in [2.24, 2.45) is 0 Å². The zero-order valence-electron chi connectivity index (χ0n) is 14.8. The molecule has 1 atom stereocenters. The van der Waals surface area contributed by atoms with Crippen molar-refractivity contribution in [3.63, 3.8) is 0 Å². The number of benzene rings is 1. The van der Waals surface area contributed by atoms with Gasteiger partial charge in [-0.1, -0.05) is 25.1 Å². The SMILES string of the molecule is CCCN1CCC(NC(=O)N(C)Cc2nnc(-c3ccccc3)o2)C1. The number of nitrogens with one attached hydrogen (secondary N) is 1. The van der Waals surface area contributed by atoms with Crippen LogP contribution in [0, 0.1) is 0 Å². The van der Waals surface area contributed by atoms with Crippen LogP contribution in [0.2, 0.25) is 0 Å². The number of aromatic nitrogens is 2. The third-order valence-corrected chi connectivity index (χ3v) is 4.35. The molecule has 25 heavy (non-hydrogen) atoms. The molecule has 0 aliphatic carbocycles. The summed E-state index contributed by atoms with van der Waals surface area (Å²) in [4.78, 5) is 16.3. The fourth-order valence-electron chi connectivity index (χ4n) is 3.04. The zero-order valence-corrected chi connectivity index (χ0v) is 14.8. The van der Waals surface area contributed by atoms with Gasteiger partial charge >= 0.3 is 6.03 Å². The van der Waals surface area contributed by atoms with Crippen molar-refractivity contribution >= 4 is 6.03 Å². The van der Waals surface area contributed by atoms with Crippen LogP contribution in [0.1, 0.15) is 25.7 Å². The summed E-state index contributed by atoms with van der Waals surface area (Å²) in [5.74, 6) is 0.894. The Bertz CT molecular complexity index is 688. The van der Waals surface area contributed by atoms with E-state index in [2.05, 4.69) is 27.3 Å². The molecule has 2 heterocycles. The molecule has 1 aliphatic rings. The predicted molar refractivity (Wildman–Crippen MR) is 94.9 cm³/mol. The van der Waals surface area contributed by atoms with Crippen molar-refractivity contribution in [3.8, 4) is 11.5 Å². The second-order valence-electron chi connectivity index (χ2n) is 6.46. The third kappa shape index (κ3) is 4.57. The number of nitrogens with zero attached hydrogens (tertiary/aromatic N) is 4. The summed E-state index contributed by atoms with van der Waals surface area (Å²) in [5.41, 5.74) is 0.871. The molecule has 7 nitrogen and oxygen atoms in total. The minimum Gasteiger partial charge on any atom is -0.419 e. The van der Waals surface area contributed by atoms with Crippen LogP contribution in [-0.2, 0) is 6.54 Å². The van der Waals surface area contributed by atoms with Crippen LogP contribution >= 0.6 is 0 Å². The molecule has 2 aromatic rings. The van der Waals surface area contributed by atoms with Gasteiger partial charge in [0.25, 0.3) is 0 Å². The fourth-order valence-corrected chi connectivity index (χ4v) is 3.04. The molecule has 0 bridgehead atoms. The molecule has 3 rings (SSSR count). The van der Waals surface area contributed by atoms with E-state index in [0.29, 0.717) is 11.8 Å². The number of hydrogen-bond donors (Lipinski definition) is 1. The first-order valence-corrected chi connectivity index (χ1v) is 8.77. The Labute approximate surface area is 148 Å². The van der Waals surface area contributed by atoms with Crippen molar-refractivity contribution in [2.75, 3.05) is 26.7 Å². The Hall–Kier alpha value is -2.41. The summed E-state index contributed by atoms with van der Waals surface area (Å²) >= 11 is 0. The molecule has 1 aromatic carbocycles. The molecule has 0 spiro atoms. The highest BCUT2D eigenvalue weighted by atomic mass is 16.4. The Morgan fingerprint density at radius 1 is 1.36 bits per heavy atom. The number of likely N-dealkylation sites (tertiary alicyclic amines) is 1. The first-order chi connectivity index (χ1) is 12.2. The quantitative estimate of drug-likeness (QED) is 0.871. The molecular formula is C18H25N5O2. The van der Waals surface area contributed by atoms with E-state index in [4.69, 9.17) is 4.42 Å². The van der Waals surface area contributed by atoms with Gasteiger partial charge in [0.15, 0.2) is 0 Å². The summed E-state index contributed by atoms with van der Waals surface area (Å²) in [6, 6.07) is 9.70. The molecule has 2 amide bonds. The highest BCUT2D eigenvalue weighted by molar-refractivity contribution is 5.74. The Morgan fingerprint density at radius 2 is 2.16 bits per heavy atom. The zero-order chi connectivity index (χ0) is 17.6. The third-order valence-electron chi connectivity index (χ3n) is 4.35. The van der Waals surface area contributed by atoms with Gasteiger partial charge in [0, 0.05) is 31.7 Å². The minimum absolute atomic E-state index is 0.109. The highest BCUT2D eigenvalue weighted by Gasteiger charge is 2.24. The van der Waals surface area contributed by atoms with E-state index in [1.807, 2.05) is 30.3 Å². The lowest BCUT2D eigenvalue weighted by atomic mass is 10.2. The second-order valence-corrected chi connectivity index (χ2v) is 6.46. The van der Waals surface area contributed by atoms with Crippen LogP contribution in [0.15, 0.2) is 34.7 Å². The summed E-state index contributed by atoms with van der Waals surface area (Å²) in [6.45, 7) is 5.52. The standard InChI is InChI=1S/C18H25N5O2/c1-3-10-23-11-9-15(12-23)19-18(24)22(2)13-16-20-21-17(25-16)14-7-5-4-6-8-14/h4-8,15H,3,9-13H2,1-2H3,(H,19,24). The average molecular weight is 343 g/mol. The van der Waals surface area contributed by atoms with Crippen LogP contribution in [-0.4, -0.2) is 58.8 Å². The van der Waals surface area contributed by atoms with E-state index < -0.39 is 0 Å². The summed E-state index contributed by atoms with van der Waals surface area (Å²) in [7, 11) is 1.74. The van der Waals surface area contributed by atoms with Crippen LogP contribution < -0.4 is 5.32 Å². The maximum Gasteiger partial charge on any atom is 0.317 e. The minimum atomic E-state index is -0.109. The van der Waals surface area contributed by atoms with Gasteiger partial charge in [-0.25, -0.2) is 4.79 Å². The van der Waals surface area contributed by atoms with Crippen LogP contribution in [0.3, 0.4) is 0 Å². The number of amides is 2. The number of carbonyl (C=O) groups excluding carboxylic acids is 1. The average Bonchev–Trinajstić information content (AvgIpc) is 3.26. The summed E-state index contributed by atoms with van der Waals surface area (Å²) < 4.78 is 5.66. The molecule has 7 heteroatoms. The van der Waals surface area contributed by atoms with Gasteiger partial charge in [-0.3, -0.25) is 0 Å². The van der Waals surface area contributed by atoms with E-state index >= 15 is 0 Å². The lowest BCUT2D eigenvalue weighted by Crippen LogP contribution is -2.44. The lowest BCUT2D eigenvalue weighted by molar-refractivity contribution is 0.197. The number of rotatable bonds is 6. The van der Waals surface area contributed by atoms with Gasteiger partial charge in [0.2, 0.25) is 11.8 Å². The molecule has 0 saturated carbocycles. The Morgan fingerprint density at radius 3 is 2.92 bits per heavy atom.